The second-order valence-electron chi connectivity index (χ2n) is 7.71. The zero-order valence-electron chi connectivity index (χ0n) is 16.9. The molecule has 2 N–H and O–H groups in total. The Hall–Kier alpha value is -2.51. The third kappa shape index (κ3) is 5.34. The minimum atomic E-state index is -0.116. The second kappa shape index (κ2) is 10.00. The van der Waals surface area contributed by atoms with Crippen molar-refractivity contribution in [3.8, 4) is 5.75 Å². The molecule has 4 rings (SSSR count). The zero-order chi connectivity index (χ0) is 20.8. The van der Waals surface area contributed by atoms with E-state index in [9.17, 15) is 9.59 Å². The molecule has 2 heterocycles. The molecular formula is C23H27N3O3S. The zero-order valence-corrected chi connectivity index (χ0v) is 17.7. The Morgan fingerprint density at radius 3 is 2.67 bits per heavy atom. The van der Waals surface area contributed by atoms with Crippen LogP contribution in [0.25, 0.3) is 0 Å². The van der Waals surface area contributed by atoms with E-state index >= 15 is 0 Å². The Kier molecular flexibility index (Phi) is 6.92. The summed E-state index contributed by atoms with van der Waals surface area (Å²) in [5.41, 5.74) is 1.64. The summed E-state index contributed by atoms with van der Waals surface area (Å²) in [6, 6.07) is 17.0. The summed E-state index contributed by atoms with van der Waals surface area (Å²) in [6.07, 6.45) is 0.774. The van der Waals surface area contributed by atoms with Crippen molar-refractivity contribution in [1.29, 1.82) is 0 Å². The van der Waals surface area contributed by atoms with Gasteiger partial charge < -0.3 is 20.3 Å². The molecule has 2 aromatic rings. The van der Waals surface area contributed by atoms with Crippen molar-refractivity contribution >= 4 is 23.6 Å². The summed E-state index contributed by atoms with van der Waals surface area (Å²) in [4.78, 5) is 26.9. The van der Waals surface area contributed by atoms with Crippen LogP contribution in [0.15, 0.2) is 54.6 Å². The second-order valence-corrected chi connectivity index (χ2v) is 8.78. The molecule has 7 heteroatoms. The number of para-hydroxylation sites is 1. The molecule has 0 radical (unpaired) electrons. The van der Waals surface area contributed by atoms with E-state index in [1.807, 2.05) is 59.5 Å². The largest absolute Gasteiger partial charge is 0.489 e. The van der Waals surface area contributed by atoms with Crippen LogP contribution in [-0.4, -0.2) is 54.0 Å². The fourth-order valence-electron chi connectivity index (χ4n) is 3.74. The molecule has 2 saturated heterocycles. The van der Waals surface area contributed by atoms with Crippen LogP contribution in [0.3, 0.4) is 0 Å². The average Bonchev–Trinajstić information content (AvgIpc) is 3.49. The third-order valence-corrected chi connectivity index (χ3v) is 6.47. The van der Waals surface area contributed by atoms with Gasteiger partial charge in [-0.3, -0.25) is 9.59 Å². The summed E-state index contributed by atoms with van der Waals surface area (Å²) in [5, 5.41) is 6.32. The number of nitrogens with zero attached hydrogens (tertiary/aromatic N) is 1. The normalized spacial score (nSPS) is 20.9. The van der Waals surface area contributed by atoms with Gasteiger partial charge in [-0.05, 0) is 42.2 Å². The highest BCUT2D eigenvalue weighted by atomic mass is 32.2. The van der Waals surface area contributed by atoms with E-state index in [1.165, 1.54) is 0 Å². The molecule has 6 nitrogen and oxygen atoms in total. The van der Waals surface area contributed by atoms with E-state index in [0.717, 1.165) is 42.5 Å². The van der Waals surface area contributed by atoms with E-state index in [2.05, 4.69) is 10.6 Å². The maximum atomic E-state index is 12.5. The molecule has 2 atom stereocenters. The number of benzene rings is 2. The highest BCUT2D eigenvalue weighted by molar-refractivity contribution is 7.99. The summed E-state index contributed by atoms with van der Waals surface area (Å²) in [6.45, 7) is 2.64. The number of hydrogen-bond acceptors (Lipinski definition) is 5. The van der Waals surface area contributed by atoms with Crippen molar-refractivity contribution in [2.45, 2.75) is 19.1 Å². The molecule has 2 aliphatic heterocycles. The van der Waals surface area contributed by atoms with Crippen LogP contribution in [0, 0.1) is 5.92 Å². The fraction of sp³-hybridized carbons (Fsp3) is 0.391. The molecule has 0 saturated carbocycles. The van der Waals surface area contributed by atoms with Crippen LogP contribution < -0.4 is 15.4 Å². The van der Waals surface area contributed by atoms with Gasteiger partial charge in [0.2, 0.25) is 5.91 Å². The van der Waals surface area contributed by atoms with Gasteiger partial charge in [0.15, 0.2) is 0 Å². The van der Waals surface area contributed by atoms with Crippen LogP contribution in [0.5, 0.6) is 5.75 Å². The maximum absolute atomic E-state index is 12.5. The molecule has 30 heavy (non-hydrogen) atoms. The van der Waals surface area contributed by atoms with Crippen molar-refractivity contribution in [3.63, 3.8) is 0 Å². The first kappa shape index (κ1) is 20.8. The molecule has 2 fully saturated rings. The van der Waals surface area contributed by atoms with Crippen molar-refractivity contribution in [3.05, 3.63) is 65.7 Å². The summed E-state index contributed by atoms with van der Waals surface area (Å²) in [7, 11) is 0. The maximum Gasteiger partial charge on any atom is 0.251 e. The lowest BCUT2D eigenvalue weighted by atomic mass is 10.0. The minimum absolute atomic E-state index is 0.0868. The molecule has 0 aromatic heterocycles. The van der Waals surface area contributed by atoms with Crippen molar-refractivity contribution in [2.24, 2.45) is 5.92 Å². The predicted molar refractivity (Wildman–Crippen MR) is 118 cm³/mol. The number of hydrogen-bond donors (Lipinski definition) is 2. The Bertz CT molecular complexity index is 854. The molecule has 0 aliphatic carbocycles. The van der Waals surface area contributed by atoms with Crippen LogP contribution in [0.1, 0.15) is 22.3 Å². The lowest BCUT2D eigenvalue weighted by molar-refractivity contribution is -0.131. The van der Waals surface area contributed by atoms with Crippen LogP contribution >= 0.6 is 11.8 Å². The first-order chi connectivity index (χ1) is 14.7. The molecule has 158 valence electrons. The number of ether oxygens (including phenoxy) is 1. The Morgan fingerprint density at radius 1 is 1.13 bits per heavy atom. The molecule has 2 aromatic carbocycles. The summed E-state index contributed by atoms with van der Waals surface area (Å²) < 4.78 is 5.73. The number of rotatable bonds is 7. The number of amides is 2. The lowest BCUT2D eigenvalue weighted by Gasteiger charge is -2.19. The molecule has 0 spiro atoms. The minimum Gasteiger partial charge on any atom is -0.489 e. The van der Waals surface area contributed by atoms with E-state index in [-0.39, 0.29) is 23.8 Å². The molecule has 0 bridgehead atoms. The van der Waals surface area contributed by atoms with Gasteiger partial charge in [0.25, 0.3) is 5.91 Å². The third-order valence-electron chi connectivity index (χ3n) is 5.50. The van der Waals surface area contributed by atoms with Crippen LogP contribution in [-0.2, 0) is 11.4 Å². The molecular weight excluding hydrogens is 398 g/mol. The first-order valence-corrected chi connectivity index (χ1v) is 11.5. The van der Waals surface area contributed by atoms with Gasteiger partial charge in [0, 0.05) is 31.0 Å². The highest BCUT2D eigenvalue weighted by Gasteiger charge is 2.33. The number of carbonyl (C=O) groups is 2. The average molecular weight is 426 g/mol. The van der Waals surface area contributed by atoms with Gasteiger partial charge in [0.05, 0.1) is 11.9 Å². The highest BCUT2D eigenvalue weighted by Crippen LogP contribution is 2.20. The van der Waals surface area contributed by atoms with E-state index in [1.54, 1.807) is 11.8 Å². The number of carbonyl (C=O) groups excluding carboxylic acids is 2. The van der Waals surface area contributed by atoms with Crippen molar-refractivity contribution in [1.82, 2.24) is 15.5 Å². The van der Waals surface area contributed by atoms with E-state index < -0.39 is 0 Å². The standard InChI is InChI=1S/C23H27N3O3S/c27-22(19-8-6-17(7-9-19)15-29-20-4-2-1-3-5-20)25-14-18-12-21(24-13-18)23(28)26-10-11-30-16-26/h1-9,18,21,24H,10-16H2,(H,25,27)/t18-,21-/m0/s1. The predicted octanol–water partition coefficient (Wildman–Crippen LogP) is 2.51. The quantitative estimate of drug-likeness (QED) is 0.713. The fourth-order valence-corrected chi connectivity index (χ4v) is 4.69. The topological polar surface area (TPSA) is 70.7 Å². The summed E-state index contributed by atoms with van der Waals surface area (Å²) in [5.74, 6) is 3.03. The van der Waals surface area contributed by atoms with Gasteiger partial charge in [0.1, 0.15) is 12.4 Å². The Labute approximate surface area is 181 Å². The number of thioether (sulfide) groups is 1. The van der Waals surface area contributed by atoms with Crippen molar-refractivity contribution in [2.75, 3.05) is 31.3 Å². The SMILES string of the molecule is O=C(NC[C@@H]1CN[C@H](C(=O)N2CCSC2)C1)c1ccc(COc2ccccc2)cc1. The first-order valence-electron chi connectivity index (χ1n) is 10.3. The van der Waals surface area contributed by atoms with Gasteiger partial charge in [-0.25, -0.2) is 0 Å². The lowest BCUT2D eigenvalue weighted by Crippen LogP contribution is -2.42. The van der Waals surface area contributed by atoms with E-state index in [0.29, 0.717) is 18.7 Å². The van der Waals surface area contributed by atoms with Crippen LogP contribution in [0.2, 0.25) is 0 Å². The smallest absolute Gasteiger partial charge is 0.251 e. The molecule has 2 amide bonds. The molecule has 0 unspecified atom stereocenters. The Morgan fingerprint density at radius 2 is 1.93 bits per heavy atom. The van der Waals surface area contributed by atoms with Gasteiger partial charge in [-0.1, -0.05) is 30.3 Å². The Balaban J connectivity index is 1.21. The van der Waals surface area contributed by atoms with Crippen LogP contribution in [0.4, 0.5) is 0 Å². The monoisotopic (exact) mass is 425 g/mol. The molecule has 2 aliphatic rings. The van der Waals surface area contributed by atoms with Gasteiger partial charge in [-0.15, -0.1) is 11.8 Å². The van der Waals surface area contributed by atoms with E-state index in [4.69, 9.17) is 4.74 Å². The van der Waals surface area contributed by atoms with Gasteiger partial charge in [-0.2, -0.15) is 0 Å². The van der Waals surface area contributed by atoms with Gasteiger partial charge >= 0.3 is 0 Å². The summed E-state index contributed by atoms with van der Waals surface area (Å²) >= 11 is 1.80. The number of nitrogens with one attached hydrogen (secondary N) is 2. The van der Waals surface area contributed by atoms with Crippen molar-refractivity contribution < 1.29 is 14.3 Å².